The Morgan fingerprint density at radius 3 is 2.48 bits per heavy atom. The number of hydrogen-bond acceptors (Lipinski definition) is 3. The molecule has 0 fully saturated rings. The summed E-state index contributed by atoms with van der Waals surface area (Å²) in [6.07, 6.45) is 0.836. The van der Waals surface area contributed by atoms with Crippen LogP contribution in [0.1, 0.15) is 23.1 Å². The Morgan fingerprint density at radius 2 is 1.78 bits per heavy atom. The zero-order valence-electron chi connectivity index (χ0n) is 16.2. The summed E-state index contributed by atoms with van der Waals surface area (Å²) in [7, 11) is 3.37. The number of rotatable bonds is 9. The fraction of sp³-hybridized carbons (Fsp3) is 0.381. The van der Waals surface area contributed by atoms with Gasteiger partial charge in [-0.05, 0) is 24.6 Å². The number of benzene rings is 2. The molecule has 146 valence electrons. The largest absolute Gasteiger partial charge is 0.493 e. The van der Waals surface area contributed by atoms with Crippen LogP contribution in [0.25, 0.3) is 0 Å². The molecule has 0 aliphatic heterocycles. The highest BCUT2D eigenvalue weighted by Crippen LogP contribution is 2.20. The van der Waals surface area contributed by atoms with Crippen LogP contribution in [-0.4, -0.2) is 33.3 Å². The minimum absolute atomic E-state index is 0.231. The Morgan fingerprint density at radius 1 is 1.04 bits per heavy atom. The molecule has 0 heterocycles. The summed E-state index contributed by atoms with van der Waals surface area (Å²) in [5, 5.41) is 6.38. The van der Waals surface area contributed by atoms with Gasteiger partial charge in [0.2, 0.25) is 0 Å². The summed E-state index contributed by atoms with van der Waals surface area (Å²) in [6, 6.07) is 12.8. The van der Waals surface area contributed by atoms with Gasteiger partial charge in [0.1, 0.15) is 11.6 Å². The molecule has 0 amide bonds. The average molecular weight is 373 g/mol. The van der Waals surface area contributed by atoms with Crippen molar-refractivity contribution in [3.05, 3.63) is 65.0 Å². The number of hydrogen-bond donors (Lipinski definition) is 2. The highest BCUT2D eigenvalue weighted by molar-refractivity contribution is 5.79. The van der Waals surface area contributed by atoms with Crippen LogP contribution in [-0.2, 0) is 17.8 Å². The number of nitrogens with zero attached hydrogens (tertiary/aromatic N) is 1. The molecule has 2 N–H and O–H groups in total. The number of aryl methyl sites for hydroxylation is 1. The maximum Gasteiger partial charge on any atom is 0.191 e. The molecular weight excluding hydrogens is 345 g/mol. The van der Waals surface area contributed by atoms with Crippen molar-refractivity contribution >= 4 is 5.96 Å². The van der Waals surface area contributed by atoms with E-state index in [0.29, 0.717) is 37.8 Å². The van der Waals surface area contributed by atoms with E-state index in [4.69, 9.17) is 9.47 Å². The summed E-state index contributed by atoms with van der Waals surface area (Å²) in [5.41, 5.74) is 2.77. The Bertz CT molecular complexity index is 750. The van der Waals surface area contributed by atoms with Gasteiger partial charge in [-0.1, -0.05) is 30.3 Å². The lowest BCUT2D eigenvalue weighted by atomic mass is 10.1. The maximum absolute atomic E-state index is 13.7. The fourth-order valence-electron chi connectivity index (χ4n) is 2.55. The monoisotopic (exact) mass is 373 g/mol. The fourth-order valence-corrected chi connectivity index (χ4v) is 2.55. The van der Waals surface area contributed by atoms with Gasteiger partial charge >= 0.3 is 0 Å². The molecule has 0 saturated heterocycles. The first-order chi connectivity index (χ1) is 13.1. The summed E-state index contributed by atoms with van der Waals surface area (Å²) >= 11 is 0. The molecule has 0 aliphatic rings. The number of nitrogens with one attached hydrogen (secondary N) is 2. The third-order valence-corrected chi connectivity index (χ3v) is 4.05. The van der Waals surface area contributed by atoms with Gasteiger partial charge in [0.15, 0.2) is 5.96 Å². The molecule has 2 aromatic rings. The van der Waals surface area contributed by atoms with Gasteiger partial charge in [0.05, 0.1) is 6.61 Å². The first kappa shape index (κ1) is 20.7. The molecule has 0 aromatic heterocycles. The molecule has 5 nitrogen and oxygen atoms in total. The number of ether oxygens (including phenoxy) is 2. The number of halogens is 1. The van der Waals surface area contributed by atoms with Crippen LogP contribution < -0.4 is 15.4 Å². The van der Waals surface area contributed by atoms with Crippen LogP contribution in [0.5, 0.6) is 5.75 Å². The second kappa shape index (κ2) is 11.2. The van der Waals surface area contributed by atoms with Crippen molar-refractivity contribution in [2.75, 3.05) is 27.4 Å². The van der Waals surface area contributed by atoms with E-state index >= 15 is 0 Å². The third-order valence-electron chi connectivity index (χ3n) is 4.05. The molecule has 0 saturated carbocycles. The number of methoxy groups -OCH3 is 1. The van der Waals surface area contributed by atoms with E-state index in [1.54, 1.807) is 26.3 Å². The smallest absolute Gasteiger partial charge is 0.191 e. The van der Waals surface area contributed by atoms with Crippen LogP contribution in [0.3, 0.4) is 0 Å². The molecule has 0 bridgehead atoms. The van der Waals surface area contributed by atoms with Gasteiger partial charge < -0.3 is 20.1 Å². The second-order valence-electron chi connectivity index (χ2n) is 6.18. The molecule has 2 rings (SSSR count). The first-order valence-corrected chi connectivity index (χ1v) is 9.03. The molecule has 0 unspecified atom stereocenters. The van der Waals surface area contributed by atoms with Gasteiger partial charge in [-0.3, -0.25) is 4.99 Å². The Hall–Kier alpha value is -2.60. The molecule has 0 atom stereocenters. The van der Waals surface area contributed by atoms with Gasteiger partial charge in [0.25, 0.3) is 0 Å². The molecule has 2 aromatic carbocycles. The number of aliphatic imine (C=N–C) groups is 1. The zero-order chi connectivity index (χ0) is 19.5. The van der Waals surface area contributed by atoms with Crippen molar-refractivity contribution in [2.24, 2.45) is 4.99 Å². The summed E-state index contributed by atoms with van der Waals surface area (Å²) in [6.45, 7) is 4.22. The topological polar surface area (TPSA) is 54.9 Å². The van der Waals surface area contributed by atoms with Crippen molar-refractivity contribution in [3.8, 4) is 5.75 Å². The van der Waals surface area contributed by atoms with E-state index in [0.717, 1.165) is 23.3 Å². The summed E-state index contributed by atoms with van der Waals surface area (Å²) in [4.78, 5) is 4.20. The molecule has 0 radical (unpaired) electrons. The minimum Gasteiger partial charge on any atom is -0.493 e. The predicted molar refractivity (Wildman–Crippen MR) is 107 cm³/mol. The lowest BCUT2D eigenvalue weighted by molar-refractivity contribution is 0.171. The lowest BCUT2D eigenvalue weighted by Gasteiger charge is -2.15. The Balaban J connectivity index is 1.92. The highest BCUT2D eigenvalue weighted by atomic mass is 19.1. The molecule has 6 heteroatoms. The standard InChI is InChI=1S/C21H28FN3O2/c1-16-9-10-18(20(13-16)27-12-6-11-26-3)15-25-21(23-2)24-14-17-7-4-5-8-19(17)22/h4-5,7-10,13H,6,11-12,14-15H2,1-3H3,(H2,23,24,25). The quantitative estimate of drug-likeness (QED) is 0.402. The van der Waals surface area contributed by atoms with Gasteiger partial charge in [0, 0.05) is 51.4 Å². The third kappa shape index (κ3) is 6.90. The highest BCUT2D eigenvalue weighted by Gasteiger charge is 2.07. The van der Waals surface area contributed by atoms with Gasteiger partial charge in [-0.25, -0.2) is 4.39 Å². The van der Waals surface area contributed by atoms with E-state index in [9.17, 15) is 4.39 Å². The summed E-state index contributed by atoms with van der Waals surface area (Å²) in [5.74, 6) is 1.22. The SMILES string of the molecule is CN=C(NCc1ccccc1F)NCc1ccc(C)cc1OCCCOC. The van der Waals surface area contributed by atoms with Crippen LogP contribution in [0.4, 0.5) is 4.39 Å². The molecular formula is C21H28FN3O2. The van der Waals surface area contributed by atoms with Crippen molar-refractivity contribution < 1.29 is 13.9 Å². The van der Waals surface area contributed by atoms with E-state index in [1.165, 1.54) is 6.07 Å². The zero-order valence-corrected chi connectivity index (χ0v) is 16.2. The molecule has 0 aliphatic carbocycles. The van der Waals surface area contributed by atoms with E-state index < -0.39 is 0 Å². The second-order valence-corrected chi connectivity index (χ2v) is 6.18. The Labute approximate surface area is 160 Å². The van der Waals surface area contributed by atoms with Gasteiger partial charge in [-0.2, -0.15) is 0 Å². The number of guanidine groups is 1. The van der Waals surface area contributed by atoms with Crippen molar-refractivity contribution in [1.29, 1.82) is 0 Å². The van der Waals surface area contributed by atoms with Crippen LogP contribution in [0, 0.1) is 12.7 Å². The van der Waals surface area contributed by atoms with E-state index in [-0.39, 0.29) is 5.82 Å². The normalized spacial score (nSPS) is 11.3. The first-order valence-electron chi connectivity index (χ1n) is 9.03. The van der Waals surface area contributed by atoms with Crippen molar-refractivity contribution in [1.82, 2.24) is 10.6 Å². The van der Waals surface area contributed by atoms with Crippen molar-refractivity contribution in [2.45, 2.75) is 26.4 Å². The Kier molecular flexibility index (Phi) is 8.58. The summed E-state index contributed by atoms with van der Waals surface area (Å²) < 4.78 is 24.7. The van der Waals surface area contributed by atoms with Crippen LogP contribution in [0.2, 0.25) is 0 Å². The predicted octanol–water partition coefficient (Wildman–Crippen LogP) is 3.41. The lowest BCUT2D eigenvalue weighted by Crippen LogP contribution is -2.36. The van der Waals surface area contributed by atoms with E-state index in [2.05, 4.69) is 21.7 Å². The van der Waals surface area contributed by atoms with Gasteiger partial charge in [-0.15, -0.1) is 0 Å². The van der Waals surface area contributed by atoms with E-state index in [1.807, 2.05) is 25.1 Å². The average Bonchev–Trinajstić information content (AvgIpc) is 2.68. The van der Waals surface area contributed by atoms with Crippen molar-refractivity contribution in [3.63, 3.8) is 0 Å². The van der Waals surface area contributed by atoms with Crippen LogP contribution in [0.15, 0.2) is 47.5 Å². The molecule has 27 heavy (non-hydrogen) atoms. The minimum atomic E-state index is -0.231. The maximum atomic E-state index is 13.7. The van der Waals surface area contributed by atoms with Crippen LogP contribution >= 0.6 is 0 Å². The molecule has 0 spiro atoms.